The van der Waals surface area contributed by atoms with Crippen molar-refractivity contribution in [3.63, 3.8) is 0 Å². The number of aromatic nitrogens is 8. The van der Waals surface area contributed by atoms with Crippen molar-refractivity contribution in [1.29, 1.82) is 0 Å². The van der Waals surface area contributed by atoms with E-state index in [0.717, 1.165) is 12.7 Å². The minimum Gasteiger partial charge on any atom is -0.454 e. The number of fused-ring (bicyclic) bond motifs is 5. The summed E-state index contributed by atoms with van der Waals surface area (Å²) in [7, 11) is 0. The third-order valence-corrected chi connectivity index (χ3v) is 16.0. The van der Waals surface area contributed by atoms with Crippen LogP contribution in [0.5, 0.6) is 0 Å². The molecule has 4 aromatic rings. The smallest absolute Gasteiger partial charge is 0.392 e. The number of carbonyl (C=O) groups excluding carboxylic acids is 2. The number of nitrogens with one attached hydrogen (secondary N) is 1. The van der Waals surface area contributed by atoms with Gasteiger partial charge in [-0.15, -0.1) is 0 Å². The van der Waals surface area contributed by atoms with Crippen LogP contribution in [0.4, 0.5) is 16.2 Å². The molecule has 4 aromatic heterocycles. The molecule has 0 saturated carbocycles. The number of aliphatic hydroxyl groups is 1. The second kappa shape index (κ2) is 17.1. The number of imidazole rings is 2. The molecule has 24 nitrogen and oxygen atoms in total. The molecular weight excluding hydrogens is 893 g/mol. The molecule has 0 aliphatic carbocycles. The van der Waals surface area contributed by atoms with Crippen LogP contribution in [0.15, 0.2) is 23.8 Å². The molecule has 4 unspecified atom stereocenters. The second-order valence-electron chi connectivity index (χ2n) is 15.9. The number of nitrogens with two attached hydrogens (primary N) is 2. The lowest BCUT2D eigenvalue weighted by Gasteiger charge is -2.28. The number of anilines is 2. The summed E-state index contributed by atoms with van der Waals surface area (Å²) >= 11 is 0.807. The van der Waals surface area contributed by atoms with Crippen molar-refractivity contribution in [2.75, 3.05) is 36.6 Å². The monoisotopic (exact) mass is 936 g/mol. The van der Waals surface area contributed by atoms with Crippen LogP contribution in [0, 0.1) is 10.8 Å². The summed E-state index contributed by atoms with van der Waals surface area (Å²) < 4.78 is 95.7. The van der Waals surface area contributed by atoms with E-state index in [4.69, 9.17) is 48.5 Å². The molecule has 3 aliphatic heterocycles. The van der Waals surface area contributed by atoms with E-state index in [-0.39, 0.29) is 34.1 Å². The second-order valence-corrected chi connectivity index (χ2v) is 23.9. The molecule has 7 heterocycles. The Kier molecular flexibility index (Phi) is 12.7. The molecular formula is C32H43FN10O14P2S2. The molecule has 3 saturated heterocycles. The largest absolute Gasteiger partial charge is 0.454 e. The van der Waals surface area contributed by atoms with Crippen LogP contribution in [0.1, 0.15) is 54.0 Å². The topological polar surface area (TPSA) is 322 Å². The highest BCUT2D eigenvalue weighted by Crippen LogP contribution is 2.66. The number of halogens is 1. The van der Waals surface area contributed by atoms with Gasteiger partial charge < -0.3 is 35.5 Å². The fraction of sp³-hybridized carbons (Fsp3) is 0.625. The minimum absolute atomic E-state index is 0.00671. The lowest BCUT2D eigenvalue weighted by atomic mass is 9.98. The van der Waals surface area contributed by atoms with Gasteiger partial charge >= 0.3 is 25.5 Å². The van der Waals surface area contributed by atoms with Crippen LogP contribution in [0.3, 0.4) is 0 Å². The van der Waals surface area contributed by atoms with Gasteiger partial charge in [0.15, 0.2) is 41.3 Å². The van der Waals surface area contributed by atoms with E-state index in [1.54, 1.807) is 41.5 Å². The maximum Gasteiger partial charge on any atom is 0.392 e. The minimum atomic E-state index is -4.70. The number of rotatable bonds is 8. The Hall–Kier alpha value is -3.75. The molecule has 61 heavy (non-hydrogen) atoms. The molecule has 7 rings (SSSR count). The molecule has 29 heteroatoms. The Morgan fingerprint density at radius 3 is 2.00 bits per heavy atom. The quantitative estimate of drug-likeness (QED) is 0.112. The fourth-order valence-corrected chi connectivity index (χ4v) is 11.7. The molecule has 334 valence electrons. The number of H-pyrrole nitrogens is 1. The number of carbonyl (C=O) groups is 2. The first-order chi connectivity index (χ1) is 28.6. The third kappa shape index (κ3) is 9.47. The maximum atomic E-state index is 16.9. The first-order valence-electron chi connectivity index (χ1n) is 18.4. The number of nitrogen functional groups attached to an aromatic ring is 2. The van der Waals surface area contributed by atoms with Gasteiger partial charge in [0, 0.05) is 22.8 Å². The van der Waals surface area contributed by atoms with Gasteiger partial charge in [0.2, 0.25) is 5.95 Å². The molecule has 0 aromatic carbocycles. The zero-order chi connectivity index (χ0) is 44.2. The van der Waals surface area contributed by atoms with Gasteiger partial charge in [0.1, 0.15) is 54.2 Å². The first-order valence-corrected chi connectivity index (χ1v) is 24.6. The van der Waals surface area contributed by atoms with Gasteiger partial charge in [-0.2, -0.15) is 4.98 Å². The number of alkyl halides is 1. The Bertz CT molecular complexity index is 2460. The van der Waals surface area contributed by atoms with Crippen LogP contribution in [0.25, 0.3) is 22.3 Å². The Balaban J connectivity index is 1.27. The number of aromatic amines is 1. The summed E-state index contributed by atoms with van der Waals surface area (Å²) in [5.74, 6) is -2.80. The number of hydrogen-bond donors (Lipinski definition) is 4. The summed E-state index contributed by atoms with van der Waals surface area (Å²) in [6.45, 7) is -1.32. The lowest BCUT2D eigenvalue weighted by molar-refractivity contribution is -0.151. The van der Waals surface area contributed by atoms with Gasteiger partial charge in [0.25, 0.3) is 5.56 Å². The van der Waals surface area contributed by atoms with E-state index in [1.165, 1.54) is 15.5 Å². The molecule has 10 atom stereocenters. The van der Waals surface area contributed by atoms with Crippen molar-refractivity contribution in [3.05, 3.63) is 29.3 Å². The Morgan fingerprint density at radius 2 is 1.39 bits per heavy atom. The van der Waals surface area contributed by atoms with Crippen molar-refractivity contribution in [2.24, 2.45) is 10.8 Å². The number of hydrogen-bond acceptors (Lipinski definition) is 23. The number of esters is 2. The molecule has 0 amide bonds. The average Bonchev–Trinajstić information content (AvgIpc) is 3.94. The molecule has 3 aliphatic rings. The summed E-state index contributed by atoms with van der Waals surface area (Å²) in [5, 5.41) is 11.8. The summed E-state index contributed by atoms with van der Waals surface area (Å²) in [4.78, 5) is 60.8. The number of aliphatic hydroxyl groups excluding tert-OH is 1. The maximum absolute atomic E-state index is 16.9. The Morgan fingerprint density at radius 1 is 0.852 bits per heavy atom. The standard InChI is InChI=1S/C32H43FN10O14P2S2/c1-31(2,3)28(46)50-12-60-58(48)52-7-14-19(44)21(27(54-14)43-11-39-18-24(43)40-30(35)41-25(18)45)57-59(49,61-13-51-29(47)32(4,5)6)53-8-15-20(56-58)16(33)26(55-15)42-10-38-17-22(34)36-9-37-23(17)42/h9-11,14-16,19-21,26-27,44H,7-8,12-13H2,1-6H3,(H2,34,36,37)(H3,35,40,41,45)/t14-,15-,16+,19?,20?,21+,26-,27-,58?,59?/m1/s1. The SMILES string of the molecule is CC(C)(C)C(=O)OCSP1(=O)OC[C@H]2O[C@@H](n3cnc4c(=O)[nH]c(N)nc43)[C@@H](OP(=O)(SCOC(=O)C(C)(C)C)OC[C@H]3O[C@@H](n4cnc5c(N)ncnc54)[C@@H](F)C3O1)C2O. The van der Waals surface area contributed by atoms with E-state index in [0.29, 0.717) is 22.8 Å². The van der Waals surface area contributed by atoms with Crippen LogP contribution in [-0.4, -0.2) is 118 Å². The van der Waals surface area contributed by atoms with Crippen molar-refractivity contribution >= 4 is 82.4 Å². The zero-order valence-electron chi connectivity index (χ0n) is 33.3. The highest BCUT2D eigenvalue weighted by Gasteiger charge is 2.55. The van der Waals surface area contributed by atoms with Gasteiger partial charge in [-0.3, -0.25) is 46.6 Å². The molecule has 0 spiro atoms. The van der Waals surface area contributed by atoms with Crippen LogP contribution in [0.2, 0.25) is 0 Å². The van der Waals surface area contributed by atoms with Crippen molar-refractivity contribution in [1.82, 2.24) is 39.0 Å². The number of nitrogens with zero attached hydrogens (tertiary/aromatic N) is 7. The van der Waals surface area contributed by atoms with E-state index in [2.05, 4.69) is 29.9 Å². The fourth-order valence-electron chi connectivity index (χ4n) is 6.10. The summed E-state index contributed by atoms with van der Waals surface area (Å²) in [6, 6.07) is 0. The van der Waals surface area contributed by atoms with Crippen LogP contribution in [-0.2, 0) is 55.8 Å². The van der Waals surface area contributed by atoms with Crippen LogP contribution >= 0.6 is 36.4 Å². The highest BCUT2D eigenvalue weighted by molar-refractivity contribution is 8.55. The summed E-state index contributed by atoms with van der Waals surface area (Å²) in [5.41, 5.74) is 9.07. The van der Waals surface area contributed by atoms with Gasteiger partial charge in [-0.1, -0.05) is 0 Å². The Labute approximate surface area is 353 Å². The summed E-state index contributed by atoms with van der Waals surface area (Å²) in [6.07, 6.45) is -10.1. The molecule has 3 fully saturated rings. The first kappa shape index (κ1) is 45.3. The van der Waals surface area contributed by atoms with Crippen LogP contribution < -0.4 is 17.0 Å². The van der Waals surface area contributed by atoms with Crippen molar-refractivity contribution in [2.45, 2.75) is 90.7 Å². The van der Waals surface area contributed by atoms with Crippen molar-refractivity contribution in [3.8, 4) is 0 Å². The van der Waals surface area contributed by atoms with E-state index < -0.39 is 116 Å². The van der Waals surface area contributed by atoms with Gasteiger partial charge in [-0.05, 0) is 41.5 Å². The normalized spacial score (nSPS) is 31.3. The average molecular weight is 937 g/mol. The highest BCUT2D eigenvalue weighted by atomic mass is 32.7. The zero-order valence-corrected chi connectivity index (χ0v) is 36.7. The lowest BCUT2D eigenvalue weighted by Crippen LogP contribution is -2.35. The van der Waals surface area contributed by atoms with Gasteiger partial charge in [0.05, 0.1) is 36.7 Å². The predicted molar refractivity (Wildman–Crippen MR) is 214 cm³/mol. The van der Waals surface area contributed by atoms with Gasteiger partial charge in [-0.25, -0.2) is 33.5 Å². The van der Waals surface area contributed by atoms with E-state index in [1.807, 2.05) is 0 Å². The van der Waals surface area contributed by atoms with E-state index in [9.17, 15) is 28.6 Å². The number of ether oxygens (including phenoxy) is 4. The molecule has 6 N–H and O–H groups in total. The van der Waals surface area contributed by atoms with Crippen molar-refractivity contribution < 1.29 is 65.3 Å². The predicted octanol–water partition coefficient (Wildman–Crippen LogP) is 3.21. The third-order valence-electron chi connectivity index (χ3n) is 9.29. The molecule has 2 bridgehead atoms. The molecule has 0 radical (unpaired) electrons. The van der Waals surface area contributed by atoms with E-state index >= 15 is 4.39 Å².